The Balaban J connectivity index is 3.05. The highest BCUT2D eigenvalue weighted by atomic mass is 14.0. The fraction of sp³-hybridized carbons (Fsp3) is 0.667. The molecule has 0 rings (SSSR count). The monoisotopic (exact) mass is 206 g/mol. The highest BCUT2D eigenvalue weighted by molar-refractivity contribution is 4.92. The smallest absolute Gasteiger partial charge is 0.0275 e. The van der Waals surface area contributed by atoms with Gasteiger partial charge in [0.2, 0.25) is 0 Å². The summed E-state index contributed by atoms with van der Waals surface area (Å²) >= 11 is 0. The Hall–Kier alpha value is -0.740. The molecule has 0 unspecified atom stereocenters. The molecular weight excluding hydrogens is 180 g/mol. The van der Waals surface area contributed by atoms with E-state index in [0.29, 0.717) is 0 Å². The van der Waals surface area contributed by atoms with Gasteiger partial charge in [0.05, 0.1) is 0 Å². The maximum absolute atomic E-state index is 3.56. The van der Waals surface area contributed by atoms with Gasteiger partial charge < -0.3 is 0 Å². The number of allylic oxidation sites excluding steroid dienone is 3. The third-order valence-corrected chi connectivity index (χ3v) is 2.50. The fourth-order valence-electron chi connectivity index (χ4n) is 1.59. The molecule has 0 fully saturated rings. The predicted octanol–water partition coefficient (Wildman–Crippen LogP) is 5.41. The van der Waals surface area contributed by atoms with Crippen LogP contribution in [0.25, 0.3) is 0 Å². The van der Waals surface area contributed by atoms with Crippen molar-refractivity contribution in [3.05, 3.63) is 30.0 Å². The zero-order chi connectivity index (χ0) is 11.4. The van der Waals surface area contributed by atoms with Crippen LogP contribution in [0, 0.1) is 0 Å². The minimum Gasteiger partial charge on any atom is -0.133 e. The normalized spacial score (nSPS) is 9.47. The summed E-state index contributed by atoms with van der Waals surface area (Å²) in [5.41, 5.74) is 4.27. The van der Waals surface area contributed by atoms with Gasteiger partial charge in [0.15, 0.2) is 0 Å². The summed E-state index contributed by atoms with van der Waals surface area (Å²) in [4.78, 5) is 0. The molecule has 0 aromatic carbocycles. The first-order chi connectivity index (χ1) is 7.27. The molecule has 0 aliphatic rings. The lowest BCUT2D eigenvalue weighted by Crippen LogP contribution is -1.79. The summed E-state index contributed by atoms with van der Waals surface area (Å²) in [6.45, 7) is 7.90. The van der Waals surface area contributed by atoms with E-state index in [9.17, 15) is 0 Å². The summed E-state index contributed by atoms with van der Waals surface area (Å²) in [7, 11) is 0. The topological polar surface area (TPSA) is 0 Å². The van der Waals surface area contributed by atoms with Crippen LogP contribution in [0.4, 0.5) is 0 Å². The van der Waals surface area contributed by atoms with E-state index >= 15 is 0 Å². The van der Waals surface area contributed by atoms with Crippen molar-refractivity contribution in [3.63, 3.8) is 0 Å². The third-order valence-electron chi connectivity index (χ3n) is 2.50. The van der Waals surface area contributed by atoms with E-state index in [2.05, 4.69) is 32.2 Å². The largest absolute Gasteiger partial charge is 0.133 e. The zero-order valence-corrected chi connectivity index (χ0v) is 10.5. The van der Waals surface area contributed by atoms with Crippen LogP contribution in [0.2, 0.25) is 0 Å². The first-order valence-electron chi connectivity index (χ1n) is 6.25. The molecule has 0 nitrogen and oxygen atoms in total. The van der Waals surface area contributed by atoms with E-state index in [0.717, 1.165) is 6.42 Å². The average molecular weight is 206 g/mol. The summed E-state index contributed by atoms with van der Waals surface area (Å²) in [6.07, 6.45) is 15.0. The van der Waals surface area contributed by atoms with Gasteiger partial charge in [-0.2, -0.15) is 0 Å². The van der Waals surface area contributed by atoms with E-state index in [1.54, 1.807) is 0 Å². The van der Waals surface area contributed by atoms with Gasteiger partial charge in [-0.15, -0.1) is 5.73 Å². The molecule has 0 atom stereocenters. The molecule has 0 aliphatic carbocycles. The van der Waals surface area contributed by atoms with Gasteiger partial charge in [-0.1, -0.05) is 43.9 Å². The van der Waals surface area contributed by atoms with Crippen LogP contribution in [0.5, 0.6) is 0 Å². The summed E-state index contributed by atoms with van der Waals surface area (Å²) in [5, 5.41) is 0. The Morgan fingerprint density at radius 1 is 0.933 bits per heavy atom. The SMILES string of the molecule is C=C=CCCCCCCCCC=C(C)C. The van der Waals surface area contributed by atoms with Crippen LogP contribution >= 0.6 is 0 Å². The van der Waals surface area contributed by atoms with E-state index in [1.807, 2.05) is 6.08 Å². The lowest BCUT2D eigenvalue weighted by atomic mass is 10.1. The third kappa shape index (κ3) is 13.3. The fourth-order valence-corrected chi connectivity index (χ4v) is 1.59. The summed E-state index contributed by atoms with van der Waals surface area (Å²) < 4.78 is 0. The second kappa shape index (κ2) is 11.3. The minimum atomic E-state index is 1.15. The van der Waals surface area contributed by atoms with E-state index in [4.69, 9.17) is 0 Å². The maximum Gasteiger partial charge on any atom is -0.0275 e. The van der Waals surface area contributed by atoms with Gasteiger partial charge in [-0.3, -0.25) is 0 Å². The molecule has 0 N–H and O–H groups in total. The lowest BCUT2D eigenvalue weighted by Gasteiger charge is -1.99. The maximum atomic E-state index is 3.56. The van der Waals surface area contributed by atoms with Crippen molar-refractivity contribution >= 4 is 0 Å². The van der Waals surface area contributed by atoms with Crippen LogP contribution < -0.4 is 0 Å². The van der Waals surface area contributed by atoms with Crippen LogP contribution in [0.3, 0.4) is 0 Å². The minimum absolute atomic E-state index is 1.15. The first-order valence-corrected chi connectivity index (χ1v) is 6.25. The van der Waals surface area contributed by atoms with Crippen LogP contribution in [-0.4, -0.2) is 0 Å². The highest BCUT2D eigenvalue weighted by Crippen LogP contribution is 2.09. The molecule has 15 heavy (non-hydrogen) atoms. The van der Waals surface area contributed by atoms with Gasteiger partial charge >= 0.3 is 0 Å². The molecule has 0 spiro atoms. The first kappa shape index (κ1) is 14.3. The van der Waals surface area contributed by atoms with Gasteiger partial charge in [-0.05, 0) is 45.6 Å². The standard InChI is InChI=1S/C15H26/c1-4-5-6-7-8-9-10-11-12-13-14-15(2)3/h5,14H,1,6-13H2,2-3H3. The molecule has 0 heterocycles. The van der Waals surface area contributed by atoms with Crippen molar-refractivity contribution in [1.82, 2.24) is 0 Å². The molecule has 0 aromatic rings. The molecule has 0 aromatic heterocycles. The summed E-state index contributed by atoms with van der Waals surface area (Å²) in [6, 6.07) is 0. The van der Waals surface area contributed by atoms with Gasteiger partial charge in [0, 0.05) is 0 Å². The Labute approximate surface area is 95.8 Å². The molecule has 0 saturated carbocycles. The average Bonchev–Trinajstić information content (AvgIpc) is 2.20. The van der Waals surface area contributed by atoms with E-state index < -0.39 is 0 Å². The van der Waals surface area contributed by atoms with Crippen molar-refractivity contribution in [2.75, 3.05) is 0 Å². The van der Waals surface area contributed by atoms with Gasteiger partial charge in [-0.25, -0.2) is 0 Å². The van der Waals surface area contributed by atoms with Crippen LogP contribution in [-0.2, 0) is 0 Å². The molecular formula is C15H26. The Bertz CT molecular complexity index is 200. The molecule has 0 radical (unpaired) electrons. The number of rotatable bonds is 9. The second-order valence-electron chi connectivity index (χ2n) is 4.39. The molecule has 0 aliphatic heterocycles. The molecule has 0 bridgehead atoms. The highest BCUT2D eigenvalue weighted by Gasteiger charge is 1.89. The number of hydrogen-bond acceptors (Lipinski definition) is 0. The lowest BCUT2D eigenvalue weighted by molar-refractivity contribution is 0.599. The van der Waals surface area contributed by atoms with Crippen molar-refractivity contribution in [2.45, 2.75) is 65.2 Å². The van der Waals surface area contributed by atoms with Crippen LogP contribution in [0.15, 0.2) is 30.0 Å². The Kier molecular flexibility index (Phi) is 10.8. The van der Waals surface area contributed by atoms with Crippen molar-refractivity contribution in [2.24, 2.45) is 0 Å². The van der Waals surface area contributed by atoms with E-state index in [1.165, 1.54) is 50.5 Å². The number of unbranched alkanes of at least 4 members (excludes halogenated alkanes) is 7. The van der Waals surface area contributed by atoms with Gasteiger partial charge in [0.25, 0.3) is 0 Å². The second-order valence-corrected chi connectivity index (χ2v) is 4.39. The molecule has 0 amide bonds. The van der Waals surface area contributed by atoms with Crippen molar-refractivity contribution < 1.29 is 0 Å². The summed E-state index contributed by atoms with van der Waals surface area (Å²) in [5.74, 6) is 0. The quantitative estimate of drug-likeness (QED) is 0.269. The Morgan fingerprint density at radius 2 is 1.47 bits per heavy atom. The van der Waals surface area contributed by atoms with Gasteiger partial charge in [0.1, 0.15) is 0 Å². The van der Waals surface area contributed by atoms with Crippen molar-refractivity contribution in [3.8, 4) is 0 Å². The van der Waals surface area contributed by atoms with E-state index in [-0.39, 0.29) is 0 Å². The predicted molar refractivity (Wildman–Crippen MR) is 70.1 cm³/mol. The zero-order valence-electron chi connectivity index (χ0n) is 10.5. The number of hydrogen-bond donors (Lipinski definition) is 0. The van der Waals surface area contributed by atoms with Crippen LogP contribution in [0.1, 0.15) is 65.2 Å². The Morgan fingerprint density at radius 3 is 2.00 bits per heavy atom. The van der Waals surface area contributed by atoms with Crippen molar-refractivity contribution in [1.29, 1.82) is 0 Å². The molecule has 0 heteroatoms. The molecule has 86 valence electrons. The molecule has 0 saturated heterocycles.